The number of para-hydroxylation sites is 1. The molecule has 5 heteroatoms. The summed E-state index contributed by atoms with van der Waals surface area (Å²) in [7, 11) is 3.19. The summed E-state index contributed by atoms with van der Waals surface area (Å²) in [5, 5.41) is 0.741. The van der Waals surface area contributed by atoms with E-state index in [9.17, 15) is 4.79 Å². The molecule has 26 heavy (non-hydrogen) atoms. The summed E-state index contributed by atoms with van der Waals surface area (Å²) in [5.41, 5.74) is 1.71. The number of benzene rings is 2. The number of carbonyl (C=O) groups excluding carboxylic acids is 1. The van der Waals surface area contributed by atoms with Crippen LogP contribution in [0.15, 0.2) is 54.6 Å². The molecule has 0 fully saturated rings. The molecule has 2 aromatic rings. The number of halogens is 1. The van der Waals surface area contributed by atoms with Gasteiger partial charge in [0, 0.05) is 10.9 Å². The van der Waals surface area contributed by atoms with Crippen molar-refractivity contribution in [1.29, 1.82) is 0 Å². The Morgan fingerprint density at radius 2 is 1.69 bits per heavy atom. The van der Waals surface area contributed by atoms with Gasteiger partial charge in [0.2, 0.25) is 0 Å². The molecule has 0 saturated heterocycles. The highest BCUT2D eigenvalue weighted by molar-refractivity contribution is 9.09. The van der Waals surface area contributed by atoms with Crippen LogP contribution in [0, 0.1) is 0 Å². The van der Waals surface area contributed by atoms with Crippen molar-refractivity contribution in [3.8, 4) is 17.2 Å². The van der Waals surface area contributed by atoms with E-state index in [4.69, 9.17) is 14.2 Å². The highest BCUT2D eigenvalue weighted by Crippen LogP contribution is 2.28. The Morgan fingerprint density at radius 3 is 2.42 bits per heavy atom. The lowest BCUT2D eigenvalue weighted by atomic mass is 10.1. The molecule has 0 aromatic heterocycles. The number of carbonyl (C=O) groups is 1. The van der Waals surface area contributed by atoms with Crippen LogP contribution in [0.5, 0.6) is 17.2 Å². The van der Waals surface area contributed by atoms with Crippen molar-refractivity contribution >= 4 is 33.9 Å². The molecule has 0 spiro atoms. The first-order valence-electron chi connectivity index (χ1n) is 8.08. The average Bonchev–Trinajstić information content (AvgIpc) is 2.69. The van der Waals surface area contributed by atoms with Gasteiger partial charge in [0.1, 0.15) is 5.75 Å². The quantitative estimate of drug-likeness (QED) is 0.436. The van der Waals surface area contributed by atoms with Crippen molar-refractivity contribution in [3.05, 3.63) is 65.7 Å². The third kappa shape index (κ3) is 5.77. The van der Waals surface area contributed by atoms with Gasteiger partial charge in [-0.25, -0.2) is 0 Å². The molecule has 0 aliphatic carbocycles. The normalized spacial score (nSPS) is 11.0. The molecule has 0 heterocycles. The van der Waals surface area contributed by atoms with E-state index < -0.39 is 0 Å². The van der Waals surface area contributed by atoms with Gasteiger partial charge in [-0.1, -0.05) is 46.3 Å². The summed E-state index contributed by atoms with van der Waals surface area (Å²) in [4.78, 5) is 12.1. The van der Waals surface area contributed by atoms with Gasteiger partial charge in [-0.05, 0) is 42.0 Å². The molecular weight excluding hydrogens is 396 g/mol. The number of hydrogen-bond donors (Lipinski definition) is 0. The summed E-state index contributed by atoms with van der Waals surface area (Å²) in [5.74, 6) is 1.91. The average molecular weight is 417 g/mol. The molecule has 0 aliphatic rings. The number of rotatable bonds is 9. The highest BCUT2D eigenvalue weighted by Gasteiger charge is 2.04. The second-order valence-corrected chi connectivity index (χ2v) is 6.05. The summed E-state index contributed by atoms with van der Waals surface area (Å²) in [6.45, 7) is 0.553. The number of hydrogen-bond acceptors (Lipinski definition) is 4. The van der Waals surface area contributed by atoms with Crippen LogP contribution < -0.4 is 14.2 Å². The van der Waals surface area contributed by atoms with Gasteiger partial charge in [-0.2, -0.15) is 0 Å². The van der Waals surface area contributed by atoms with Crippen LogP contribution in [0.1, 0.15) is 11.1 Å². The highest BCUT2D eigenvalue weighted by atomic mass is 79.9. The summed E-state index contributed by atoms with van der Waals surface area (Å²) >= 11 is 3.32. The van der Waals surface area contributed by atoms with E-state index in [0.717, 1.165) is 22.2 Å². The monoisotopic (exact) mass is 416 g/mol. The van der Waals surface area contributed by atoms with Crippen LogP contribution in [0.2, 0.25) is 0 Å². The number of ketones is 1. The van der Waals surface area contributed by atoms with Gasteiger partial charge in [0.25, 0.3) is 0 Å². The Hall–Kier alpha value is -2.53. The standard InChI is InChI=1S/C21H21BrO4/c1-24-19-6-4-3-5-17(19)9-11-18(23)10-7-16-8-12-20(26-14-13-22)21(15-16)25-2/h3-12,15H,13-14H2,1-2H3/b10-7+,11-9+. The van der Waals surface area contributed by atoms with Crippen molar-refractivity contribution in [2.45, 2.75) is 0 Å². The van der Waals surface area contributed by atoms with Crippen molar-refractivity contribution in [2.24, 2.45) is 0 Å². The van der Waals surface area contributed by atoms with Gasteiger partial charge >= 0.3 is 0 Å². The first-order chi connectivity index (χ1) is 12.7. The maximum absolute atomic E-state index is 12.1. The summed E-state index contributed by atoms with van der Waals surface area (Å²) in [6.07, 6.45) is 6.51. The Balaban J connectivity index is 2.06. The van der Waals surface area contributed by atoms with E-state index >= 15 is 0 Å². The van der Waals surface area contributed by atoms with Crippen LogP contribution in [0.3, 0.4) is 0 Å². The van der Waals surface area contributed by atoms with Crippen molar-refractivity contribution in [2.75, 3.05) is 26.2 Å². The second kappa shape index (κ2) is 10.5. The lowest BCUT2D eigenvalue weighted by molar-refractivity contribution is -0.110. The molecule has 0 aliphatic heterocycles. The lowest BCUT2D eigenvalue weighted by Gasteiger charge is -2.10. The van der Waals surface area contributed by atoms with Gasteiger partial charge in [0.05, 0.1) is 20.8 Å². The summed E-state index contributed by atoms with van der Waals surface area (Å²) < 4.78 is 16.2. The maximum atomic E-state index is 12.1. The van der Waals surface area contributed by atoms with Gasteiger partial charge in [0.15, 0.2) is 17.3 Å². The van der Waals surface area contributed by atoms with E-state index in [1.54, 1.807) is 26.4 Å². The third-order valence-electron chi connectivity index (χ3n) is 3.53. The van der Waals surface area contributed by atoms with Crippen LogP contribution >= 0.6 is 15.9 Å². The van der Waals surface area contributed by atoms with E-state index in [-0.39, 0.29) is 5.78 Å². The van der Waals surface area contributed by atoms with Crippen molar-refractivity contribution in [3.63, 3.8) is 0 Å². The third-order valence-corrected chi connectivity index (χ3v) is 3.85. The molecule has 0 unspecified atom stereocenters. The first-order valence-corrected chi connectivity index (χ1v) is 9.20. The second-order valence-electron chi connectivity index (χ2n) is 5.26. The zero-order chi connectivity index (χ0) is 18.8. The fourth-order valence-electron chi connectivity index (χ4n) is 2.27. The molecule has 2 aromatic carbocycles. The molecule has 0 saturated carbocycles. The van der Waals surface area contributed by atoms with E-state index in [0.29, 0.717) is 18.1 Å². The topological polar surface area (TPSA) is 44.8 Å². The molecule has 4 nitrogen and oxygen atoms in total. The van der Waals surface area contributed by atoms with Crippen LogP contribution in [-0.4, -0.2) is 31.9 Å². The largest absolute Gasteiger partial charge is 0.496 e. The predicted molar refractivity (Wildman–Crippen MR) is 108 cm³/mol. The number of alkyl halides is 1. The van der Waals surface area contributed by atoms with Gasteiger partial charge < -0.3 is 14.2 Å². The van der Waals surface area contributed by atoms with Gasteiger partial charge in [-0.15, -0.1) is 0 Å². The van der Waals surface area contributed by atoms with Crippen LogP contribution in [0.25, 0.3) is 12.2 Å². The molecular formula is C21H21BrO4. The van der Waals surface area contributed by atoms with Crippen molar-refractivity contribution < 1.29 is 19.0 Å². The predicted octanol–water partition coefficient (Wildman–Crippen LogP) is 4.77. The number of allylic oxidation sites excluding steroid dienone is 2. The molecule has 0 bridgehead atoms. The van der Waals surface area contributed by atoms with Crippen LogP contribution in [0.4, 0.5) is 0 Å². The maximum Gasteiger partial charge on any atom is 0.178 e. The van der Waals surface area contributed by atoms with Gasteiger partial charge in [-0.3, -0.25) is 4.79 Å². The first kappa shape index (κ1) is 19.8. The molecule has 0 radical (unpaired) electrons. The van der Waals surface area contributed by atoms with E-state index in [1.807, 2.05) is 42.5 Å². The molecule has 0 N–H and O–H groups in total. The Morgan fingerprint density at radius 1 is 0.962 bits per heavy atom. The molecule has 0 atom stereocenters. The minimum absolute atomic E-state index is 0.116. The molecule has 2 rings (SSSR count). The van der Waals surface area contributed by atoms with Crippen LogP contribution in [-0.2, 0) is 4.79 Å². The smallest absolute Gasteiger partial charge is 0.178 e. The zero-order valence-electron chi connectivity index (χ0n) is 14.8. The Bertz CT molecular complexity index is 796. The number of ether oxygens (including phenoxy) is 3. The zero-order valence-corrected chi connectivity index (χ0v) is 16.4. The Labute approximate surface area is 162 Å². The van der Waals surface area contributed by atoms with Crippen molar-refractivity contribution in [1.82, 2.24) is 0 Å². The van der Waals surface area contributed by atoms with E-state index in [1.165, 1.54) is 12.2 Å². The SMILES string of the molecule is COc1ccccc1/C=C/C(=O)/C=C/c1ccc(OCCBr)c(OC)c1. The molecule has 136 valence electrons. The minimum Gasteiger partial charge on any atom is -0.496 e. The molecule has 0 amide bonds. The lowest BCUT2D eigenvalue weighted by Crippen LogP contribution is -1.99. The minimum atomic E-state index is -0.116. The Kier molecular flexibility index (Phi) is 7.96. The van der Waals surface area contributed by atoms with E-state index in [2.05, 4.69) is 15.9 Å². The fourth-order valence-corrected chi connectivity index (χ4v) is 2.43. The summed E-state index contributed by atoms with van der Waals surface area (Å²) in [6, 6.07) is 13.1. The fraction of sp³-hybridized carbons (Fsp3) is 0.190. The number of methoxy groups -OCH3 is 2.